The average molecular weight is 245 g/mol. The van der Waals surface area contributed by atoms with Crippen molar-refractivity contribution in [1.82, 2.24) is 0 Å². The summed E-state index contributed by atoms with van der Waals surface area (Å²) in [6.07, 6.45) is 7.25. The van der Waals surface area contributed by atoms with E-state index < -0.39 is 10.1 Å². The van der Waals surface area contributed by atoms with E-state index in [9.17, 15) is 0 Å². The molecule has 4 nitrogen and oxygen atoms in total. The molecule has 92 valence electrons. The number of hydrogen-bond acceptors (Lipinski definition) is 3. The second-order valence-corrected chi connectivity index (χ2v) is 4.91. The lowest BCUT2D eigenvalue weighted by molar-refractivity contribution is -0.697. The van der Waals surface area contributed by atoms with Gasteiger partial charge in [0.05, 0.1) is 10.1 Å². The summed E-state index contributed by atoms with van der Waals surface area (Å²) in [5, 5.41) is 0. The zero-order valence-corrected chi connectivity index (χ0v) is 10.8. The van der Waals surface area contributed by atoms with Gasteiger partial charge in [0.1, 0.15) is 6.54 Å². The summed E-state index contributed by atoms with van der Waals surface area (Å²) in [5.41, 5.74) is 1.41. The van der Waals surface area contributed by atoms with Crippen LogP contribution in [0.5, 0.6) is 0 Å². The molecule has 0 radical (unpaired) electrons. The molecule has 0 unspecified atom stereocenters. The van der Waals surface area contributed by atoms with Crippen molar-refractivity contribution in [3.8, 4) is 0 Å². The van der Waals surface area contributed by atoms with E-state index >= 15 is 0 Å². The van der Waals surface area contributed by atoms with Gasteiger partial charge in [0.2, 0.25) is 0 Å². The van der Waals surface area contributed by atoms with Gasteiger partial charge in [-0.25, -0.2) is 13.0 Å². The largest absolute Gasteiger partial charge is 0.748 e. The summed E-state index contributed by atoms with van der Waals surface area (Å²) in [6.45, 7) is 5.50. The van der Waals surface area contributed by atoms with E-state index in [1.54, 1.807) is 0 Å². The molecule has 0 N–H and O–H groups in total. The number of hydrogen-bond donors (Lipinski definition) is 0. The van der Waals surface area contributed by atoms with Crippen LogP contribution in [0.2, 0.25) is 0 Å². The quantitative estimate of drug-likeness (QED) is 0.592. The number of pyridine rings is 1. The normalized spacial score (nSPS) is 10.5. The molecule has 1 rings (SSSR count). The molecule has 0 amide bonds. The Labute approximate surface area is 97.7 Å². The number of aryl methyl sites for hydroxylation is 2. The number of rotatable bonds is 3. The molecular weight excluding hydrogens is 226 g/mol. The lowest BCUT2D eigenvalue weighted by Gasteiger charge is -1.94. The first-order valence-corrected chi connectivity index (χ1v) is 7.07. The molecule has 5 heteroatoms. The number of nitrogens with zero attached hydrogens (tertiary/aromatic N) is 1. The van der Waals surface area contributed by atoms with Crippen LogP contribution in [0.3, 0.4) is 0 Å². The molecule has 0 fully saturated rings. The number of aromatic nitrogens is 1. The molecule has 0 aliphatic carbocycles. The van der Waals surface area contributed by atoms with Crippen molar-refractivity contribution >= 4 is 10.1 Å². The Kier molecular flexibility index (Phi) is 6.92. The van der Waals surface area contributed by atoms with E-state index in [-0.39, 0.29) is 0 Å². The van der Waals surface area contributed by atoms with Gasteiger partial charge in [-0.3, -0.25) is 0 Å². The third-order valence-electron chi connectivity index (χ3n) is 1.85. The molecule has 0 spiro atoms. The van der Waals surface area contributed by atoms with Gasteiger partial charge in [-0.2, -0.15) is 0 Å². The summed E-state index contributed by atoms with van der Waals surface area (Å²) in [5.74, 6) is 0. The van der Waals surface area contributed by atoms with Crippen LogP contribution in [0.4, 0.5) is 0 Å². The maximum absolute atomic E-state index is 9.08. The van der Waals surface area contributed by atoms with Crippen molar-refractivity contribution in [3.63, 3.8) is 0 Å². The highest BCUT2D eigenvalue weighted by Gasteiger charge is 1.96. The predicted molar refractivity (Wildman–Crippen MR) is 61.9 cm³/mol. The van der Waals surface area contributed by atoms with Crippen LogP contribution in [0.25, 0.3) is 0 Å². The smallest absolute Gasteiger partial charge is 0.169 e. The van der Waals surface area contributed by atoms with Crippen LogP contribution in [0, 0.1) is 0 Å². The fourth-order valence-corrected chi connectivity index (χ4v) is 1.13. The van der Waals surface area contributed by atoms with Gasteiger partial charge in [0, 0.05) is 24.8 Å². The lowest BCUT2D eigenvalue weighted by Crippen LogP contribution is -2.32. The van der Waals surface area contributed by atoms with Crippen LogP contribution in [-0.2, 0) is 23.1 Å². The second-order valence-electron chi connectivity index (χ2n) is 3.50. The molecule has 0 aliphatic rings. The molecule has 1 aromatic rings. The minimum Gasteiger partial charge on any atom is -0.748 e. The third kappa shape index (κ3) is 9.61. The van der Waals surface area contributed by atoms with Gasteiger partial charge in [-0.15, -0.1) is 0 Å². The molecule has 0 saturated carbocycles. The first kappa shape index (κ1) is 15.1. The Hall–Kier alpha value is -0.940. The van der Waals surface area contributed by atoms with E-state index in [0.717, 1.165) is 13.0 Å². The van der Waals surface area contributed by atoms with Gasteiger partial charge in [-0.05, 0) is 12.0 Å². The Bertz CT molecular complexity index is 376. The zero-order valence-electron chi connectivity index (χ0n) is 10.0. The highest BCUT2D eigenvalue weighted by Crippen LogP contribution is 1.94. The van der Waals surface area contributed by atoms with Gasteiger partial charge in [0.25, 0.3) is 0 Å². The van der Waals surface area contributed by atoms with E-state index in [1.807, 2.05) is 0 Å². The molecular formula is C11H19NO3S. The molecule has 0 saturated heterocycles. The van der Waals surface area contributed by atoms with Gasteiger partial charge in [-0.1, -0.05) is 13.8 Å². The van der Waals surface area contributed by atoms with Crippen molar-refractivity contribution in [2.45, 2.75) is 33.2 Å². The first-order chi connectivity index (χ1) is 7.36. The van der Waals surface area contributed by atoms with E-state index in [0.29, 0.717) is 6.26 Å². The van der Waals surface area contributed by atoms with Gasteiger partial charge in [0.15, 0.2) is 12.4 Å². The van der Waals surface area contributed by atoms with Crippen molar-refractivity contribution in [2.75, 3.05) is 6.26 Å². The van der Waals surface area contributed by atoms with E-state index in [4.69, 9.17) is 13.0 Å². The van der Waals surface area contributed by atoms with Crippen molar-refractivity contribution in [1.29, 1.82) is 0 Å². The van der Waals surface area contributed by atoms with Gasteiger partial charge < -0.3 is 4.55 Å². The summed E-state index contributed by atoms with van der Waals surface area (Å²) in [7, 11) is -3.92. The van der Waals surface area contributed by atoms with Crippen LogP contribution >= 0.6 is 0 Å². The average Bonchev–Trinajstić information content (AvgIpc) is 2.17. The topological polar surface area (TPSA) is 61.1 Å². The molecule has 0 bridgehead atoms. The maximum Gasteiger partial charge on any atom is 0.169 e. The minimum absolute atomic E-state index is 0.604. The van der Waals surface area contributed by atoms with Crippen LogP contribution in [-0.4, -0.2) is 19.2 Å². The lowest BCUT2D eigenvalue weighted by atomic mass is 10.2. The highest BCUT2D eigenvalue weighted by atomic mass is 32.2. The van der Waals surface area contributed by atoms with Crippen molar-refractivity contribution in [3.05, 3.63) is 30.1 Å². The fraction of sp³-hybridized carbons (Fsp3) is 0.545. The predicted octanol–water partition coefficient (Wildman–Crippen LogP) is 1.11. The van der Waals surface area contributed by atoms with Crippen LogP contribution in [0.1, 0.15) is 25.8 Å². The molecule has 1 aromatic heterocycles. The molecule has 0 aliphatic heterocycles. The van der Waals surface area contributed by atoms with E-state index in [1.165, 1.54) is 12.0 Å². The Morgan fingerprint density at radius 3 is 2.00 bits per heavy atom. The monoisotopic (exact) mass is 245 g/mol. The second kappa shape index (κ2) is 7.35. The molecule has 1 heterocycles. The third-order valence-corrected chi connectivity index (χ3v) is 1.85. The van der Waals surface area contributed by atoms with Gasteiger partial charge >= 0.3 is 0 Å². The van der Waals surface area contributed by atoms with Crippen molar-refractivity contribution in [2.24, 2.45) is 0 Å². The standard InChI is InChI=1S/C10H16N.CH4O3S/c1-3-7-11-8-5-10(4-2)6-9-11;1-5(2,3)4/h5-6,8-9H,3-4,7H2,1-2H3;1H3,(H,2,3,4)/q+1;/p-1. The van der Waals surface area contributed by atoms with Crippen molar-refractivity contribution < 1.29 is 17.5 Å². The first-order valence-electron chi connectivity index (χ1n) is 5.25. The minimum atomic E-state index is -3.92. The Morgan fingerprint density at radius 1 is 1.25 bits per heavy atom. The highest BCUT2D eigenvalue weighted by molar-refractivity contribution is 7.84. The van der Waals surface area contributed by atoms with Crippen LogP contribution < -0.4 is 4.57 Å². The summed E-state index contributed by atoms with van der Waals surface area (Å²) in [4.78, 5) is 0. The SMILES string of the molecule is CCC[n+]1ccc(CC)cc1.CS(=O)(=O)[O-]. The summed E-state index contributed by atoms with van der Waals surface area (Å²) >= 11 is 0. The van der Waals surface area contributed by atoms with E-state index in [2.05, 4.69) is 42.9 Å². The van der Waals surface area contributed by atoms with Crippen LogP contribution in [0.15, 0.2) is 24.5 Å². The zero-order chi connectivity index (χ0) is 12.6. The fourth-order valence-electron chi connectivity index (χ4n) is 1.13. The molecule has 0 aromatic carbocycles. The summed E-state index contributed by atoms with van der Waals surface area (Å²) < 4.78 is 29.5. The molecule has 0 atom stereocenters. The maximum atomic E-state index is 9.08. The summed E-state index contributed by atoms with van der Waals surface area (Å²) in [6, 6.07) is 4.38. The molecule has 16 heavy (non-hydrogen) atoms. The Balaban J connectivity index is 0.000000385. The Morgan fingerprint density at radius 2 is 1.69 bits per heavy atom.